The topological polar surface area (TPSA) is 29.9 Å². The third kappa shape index (κ3) is 4.62. The van der Waals surface area contributed by atoms with Crippen molar-refractivity contribution in [3.63, 3.8) is 0 Å². The van der Waals surface area contributed by atoms with E-state index < -0.39 is 0 Å². The maximum absolute atomic E-state index is 4.08. The van der Waals surface area contributed by atoms with Crippen LogP contribution in [0.5, 0.6) is 0 Å². The van der Waals surface area contributed by atoms with Gasteiger partial charge in [-0.2, -0.15) is 0 Å². The van der Waals surface area contributed by atoms with E-state index in [1.54, 1.807) is 0 Å². The lowest BCUT2D eigenvalue weighted by Crippen LogP contribution is -2.43. The van der Waals surface area contributed by atoms with Crippen molar-refractivity contribution >= 4 is 0 Å². The molecule has 0 radical (unpaired) electrons. The zero-order valence-corrected chi connectivity index (χ0v) is 13.4. The highest BCUT2D eigenvalue weighted by Gasteiger charge is 2.29. The molecular weight excluding hydrogens is 246 g/mol. The van der Waals surface area contributed by atoms with Crippen LogP contribution in [0.1, 0.15) is 52.9 Å². The molecule has 20 heavy (non-hydrogen) atoms. The molecule has 1 aliphatic rings. The number of nitrogens with zero attached hydrogens (tertiary/aromatic N) is 2. The zero-order chi connectivity index (χ0) is 14.4. The van der Waals surface area contributed by atoms with Gasteiger partial charge in [-0.25, -0.2) is 4.98 Å². The van der Waals surface area contributed by atoms with Crippen molar-refractivity contribution < 1.29 is 0 Å². The van der Waals surface area contributed by atoms with Gasteiger partial charge < -0.3 is 9.88 Å². The Balaban J connectivity index is 1.65. The van der Waals surface area contributed by atoms with E-state index in [0.717, 1.165) is 36.9 Å². The van der Waals surface area contributed by atoms with Gasteiger partial charge in [0.05, 0.1) is 6.33 Å². The summed E-state index contributed by atoms with van der Waals surface area (Å²) in [6.45, 7) is 9.43. The van der Waals surface area contributed by atoms with Crippen LogP contribution in [0, 0.1) is 17.8 Å². The Labute approximate surface area is 124 Å². The maximum Gasteiger partial charge on any atom is 0.0945 e. The normalized spacial score (nSPS) is 27.1. The molecule has 0 aromatic carbocycles. The highest BCUT2D eigenvalue weighted by atomic mass is 15.0. The smallest absolute Gasteiger partial charge is 0.0945 e. The van der Waals surface area contributed by atoms with Gasteiger partial charge in [-0.3, -0.25) is 0 Å². The predicted molar refractivity (Wildman–Crippen MR) is 84.6 cm³/mol. The van der Waals surface area contributed by atoms with Crippen molar-refractivity contribution in [3.05, 3.63) is 18.7 Å². The van der Waals surface area contributed by atoms with Crippen LogP contribution in [-0.2, 0) is 6.54 Å². The molecule has 1 N–H and O–H groups in total. The van der Waals surface area contributed by atoms with E-state index in [-0.39, 0.29) is 0 Å². The molecule has 0 saturated heterocycles. The predicted octanol–water partition coefficient (Wildman–Crippen LogP) is 3.71. The van der Waals surface area contributed by atoms with Gasteiger partial charge in [0.2, 0.25) is 0 Å². The molecule has 3 atom stereocenters. The first-order valence-electron chi connectivity index (χ1n) is 8.36. The molecule has 0 bridgehead atoms. The van der Waals surface area contributed by atoms with E-state index in [1.807, 2.05) is 18.7 Å². The average Bonchev–Trinajstić information content (AvgIpc) is 2.91. The fraction of sp³-hybridized carbons (Fsp3) is 0.824. The highest BCUT2D eigenvalue weighted by Crippen LogP contribution is 2.33. The first-order valence-corrected chi connectivity index (χ1v) is 8.36. The molecule has 1 saturated carbocycles. The Morgan fingerprint density at radius 1 is 1.30 bits per heavy atom. The second-order valence-electron chi connectivity index (χ2n) is 6.89. The van der Waals surface area contributed by atoms with Crippen molar-refractivity contribution in [3.8, 4) is 0 Å². The average molecular weight is 277 g/mol. The minimum atomic E-state index is 0.743. The number of hydrogen-bond acceptors (Lipinski definition) is 2. The highest BCUT2D eigenvalue weighted by molar-refractivity contribution is 4.85. The number of unbranched alkanes of at least 4 members (excludes halogenated alkanes) is 1. The standard InChI is InChI=1S/C17H31N3/c1-14(2)16-7-6-15(3)12-17(16)19-8-4-5-10-20-11-9-18-13-20/h9,11,13-17,19H,4-8,10,12H2,1-3H3. The summed E-state index contributed by atoms with van der Waals surface area (Å²) < 4.78 is 2.17. The van der Waals surface area contributed by atoms with Gasteiger partial charge in [-0.15, -0.1) is 0 Å². The van der Waals surface area contributed by atoms with Crippen LogP contribution in [0.4, 0.5) is 0 Å². The Morgan fingerprint density at radius 3 is 2.85 bits per heavy atom. The second-order valence-corrected chi connectivity index (χ2v) is 6.89. The van der Waals surface area contributed by atoms with Crippen LogP contribution < -0.4 is 5.32 Å². The van der Waals surface area contributed by atoms with Crippen LogP contribution in [-0.4, -0.2) is 22.1 Å². The van der Waals surface area contributed by atoms with E-state index in [9.17, 15) is 0 Å². The van der Waals surface area contributed by atoms with E-state index in [0.29, 0.717) is 0 Å². The van der Waals surface area contributed by atoms with Gasteiger partial charge in [0.15, 0.2) is 0 Å². The third-order valence-corrected chi connectivity index (χ3v) is 4.83. The number of nitrogens with one attached hydrogen (secondary N) is 1. The fourth-order valence-corrected chi connectivity index (χ4v) is 3.56. The lowest BCUT2D eigenvalue weighted by molar-refractivity contribution is 0.170. The molecule has 0 aliphatic heterocycles. The summed E-state index contributed by atoms with van der Waals surface area (Å²) in [5.74, 6) is 2.58. The molecule has 1 fully saturated rings. The summed E-state index contributed by atoms with van der Waals surface area (Å²) in [6.07, 6.45) is 12.5. The Kier molecular flexibility index (Phi) is 6.08. The lowest BCUT2D eigenvalue weighted by atomic mass is 9.74. The van der Waals surface area contributed by atoms with Crippen molar-refractivity contribution in [2.45, 2.75) is 65.5 Å². The second kappa shape index (κ2) is 7.82. The summed E-state index contributed by atoms with van der Waals surface area (Å²) in [7, 11) is 0. The Hall–Kier alpha value is -0.830. The van der Waals surface area contributed by atoms with Crippen LogP contribution in [0.15, 0.2) is 18.7 Å². The van der Waals surface area contributed by atoms with Gasteiger partial charge in [0.25, 0.3) is 0 Å². The molecule has 2 rings (SSSR count). The number of rotatable bonds is 7. The van der Waals surface area contributed by atoms with Crippen LogP contribution in [0.3, 0.4) is 0 Å². The minimum absolute atomic E-state index is 0.743. The first-order chi connectivity index (χ1) is 9.66. The molecule has 1 heterocycles. The van der Waals surface area contributed by atoms with Crippen LogP contribution in [0.2, 0.25) is 0 Å². The minimum Gasteiger partial charge on any atom is -0.337 e. The third-order valence-electron chi connectivity index (χ3n) is 4.83. The summed E-state index contributed by atoms with van der Waals surface area (Å²) in [5, 5.41) is 3.84. The quantitative estimate of drug-likeness (QED) is 0.770. The molecule has 3 heteroatoms. The van der Waals surface area contributed by atoms with Crippen molar-refractivity contribution in [1.82, 2.24) is 14.9 Å². The zero-order valence-electron chi connectivity index (χ0n) is 13.4. The van der Waals surface area contributed by atoms with E-state index in [4.69, 9.17) is 0 Å². The molecule has 1 aromatic heterocycles. The van der Waals surface area contributed by atoms with Gasteiger partial charge in [-0.05, 0) is 50.0 Å². The SMILES string of the molecule is CC1CCC(C(C)C)C(NCCCCn2ccnc2)C1. The maximum atomic E-state index is 4.08. The van der Waals surface area contributed by atoms with E-state index >= 15 is 0 Å². The van der Waals surface area contributed by atoms with Crippen LogP contribution in [0.25, 0.3) is 0 Å². The summed E-state index contributed by atoms with van der Waals surface area (Å²) in [6, 6.07) is 0.743. The molecule has 0 spiro atoms. The summed E-state index contributed by atoms with van der Waals surface area (Å²) in [5.41, 5.74) is 0. The molecule has 1 aromatic rings. The lowest BCUT2D eigenvalue weighted by Gasteiger charge is -2.38. The number of hydrogen-bond donors (Lipinski definition) is 1. The van der Waals surface area contributed by atoms with Gasteiger partial charge in [0, 0.05) is 25.0 Å². The Bertz CT molecular complexity index is 358. The van der Waals surface area contributed by atoms with E-state index in [1.165, 1.54) is 32.1 Å². The Morgan fingerprint density at radius 2 is 2.15 bits per heavy atom. The van der Waals surface area contributed by atoms with E-state index in [2.05, 4.69) is 35.6 Å². The summed E-state index contributed by atoms with van der Waals surface area (Å²) in [4.78, 5) is 4.08. The molecule has 3 unspecified atom stereocenters. The number of aromatic nitrogens is 2. The van der Waals surface area contributed by atoms with Crippen molar-refractivity contribution in [2.24, 2.45) is 17.8 Å². The van der Waals surface area contributed by atoms with Gasteiger partial charge >= 0.3 is 0 Å². The van der Waals surface area contributed by atoms with Gasteiger partial charge in [-0.1, -0.05) is 27.2 Å². The molecule has 1 aliphatic carbocycles. The number of aryl methyl sites for hydroxylation is 1. The largest absolute Gasteiger partial charge is 0.337 e. The monoisotopic (exact) mass is 277 g/mol. The first kappa shape index (κ1) is 15.6. The molecular formula is C17H31N3. The van der Waals surface area contributed by atoms with Crippen molar-refractivity contribution in [1.29, 1.82) is 0 Å². The number of imidazole rings is 1. The van der Waals surface area contributed by atoms with Crippen LogP contribution >= 0.6 is 0 Å². The van der Waals surface area contributed by atoms with Crippen molar-refractivity contribution in [2.75, 3.05) is 6.54 Å². The molecule has 0 amide bonds. The summed E-state index contributed by atoms with van der Waals surface area (Å²) >= 11 is 0. The molecule has 3 nitrogen and oxygen atoms in total. The van der Waals surface area contributed by atoms with Gasteiger partial charge in [0.1, 0.15) is 0 Å². The fourth-order valence-electron chi connectivity index (χ4n) is 3.56. The molecule has 114 valence electrons.